The minimum atomic E-state index is -0.186. The Labute approximate surface area is 153 Å². The first-order valence-corrected chi connectivity index (χ1v) is 8.97. The maximum Gasteiger partial charge on any atom is 0.306 e. The van der Waals surface area contributed by atoms with Crippen molar-refractivity contribution in [1.82, 2.24) is 20.0 Å². The molecule has 0 atom stereocenters. The molecule has 26 heavy (non-hydrogen) atoms. The summed E-state index contributed by atoms with van der Waals surface area (Å²) in [5.74, 6) is 1.33. The Kier molecular flexibility index (Phi) is 5.82. The zero-order valence-corrected chi connectivity index (χ0v) is 15.6. The second-order valence-electron chi connectivity index (χ2n) is 6.22. The Morgan fingerprint density at radius 3 is 2.54 bits per heavy atom. The van der Waals surface area contributed by atoms with Crippen LogP contribution in [-0.4, -0.2) is 58.9 Å². The average Bonchev–Trinajstić information content (AvgIpc) is 2.95. The molecule has 0 aliphatic carbocycles. The molecular weight excluding hydrogens is 334 g/mol. The van der Waals surface area contributed by atoms with Gasteiger partial charge in [-0.3, -0.25) is 4.79 Å². The fourth-order valence-electron chi connectivity index (χ4n) is 3.11. The Morgan fingerprint density at radius 1 is 1.19 bits per heavy atom. The van der Waals surface area contributed by atoms with Gasteiger partial charge in [0.15, 0.2) is 11.6 Å². The number of aryl methyl sites for hydroxylation is 1. The highest BCUT2D eigenvalue weighted by Gasteiger charge is 2.17. The van der Waals surface area contributed by atoms with Crippen LogP contribution in [0.2, 0.25) is 0 Å². The number of ether oxygens (including phenoxy) is 2. The van der Waals surface area contributed by atoms with Gasteiger partial charge in [-0.15, -0.1) is 10.2 Å². The van der Waals surface area contributed by atoms with Gasteiger partial charge in [0, 0.05) is 25.2 Å². The lowest BCUT2D eigenvalue weighted by molar-refractivity contribution is -0.143. The third kappa shape index (κ3) is 4.01. The van der Waals surface area contributed by atoms with Gasteiger partial charge < -0.3 is 14.4 Å². The van der Waals surface area contributed by atoms with Crippen LogP contribution in [0.15, 0.2) is 12.1 Å². The molecule has 1 aliphatic heterocycles. The van der Waals surface area contributed by atoms with Gasteiger partial charge >= 0.3 is 5.97 Å². The standard InChI is InChI=1S/C18H25N5O3/c1-4-26-18(24)8-5-15-13(2)21-23(14(15)3)17-7-6-16(19-20-17)22-9-11-25-12-10-22/h6-7H,4-5,8-12H2,1-3H3. The number of aromatic nitrogens is 4. The van der Waals surface area contributed by atoms with Crippen molar-refractivity contribution in [1.29, 1.82) is 0 Å². The predicted molar refractivity (Wildman–Crippen MR) is 96.6 cm³/mol. The van der Waals surface area contributed by atoms with E-state index >= 15 is 0 Å². The van der Waals surface area contributed by atoms with Crippen LogP contribution in [0, 0.1) is 13.8 Å². The minimum absolute atomic E-state index is 0.186. The molecule has 140 valence electrons. The lowest BCUT2D eigenvalue weighted by atomic mass is 10.1. The number of morpholine rings is 1. The summed E-state index contributed by atoms with van der Waals surface area (Å²) in [6.45, 7) is 9.22. The zero-order chi connectivity index (χ0) is 18.5. The SMILES string of the molecule is CCOC(=O)CCc1c(C)nn(-c2ccc(N3CCOCC3)nn2)c1C. The van der Waals surface area contributed by atoms with Gasteiger partial charge in [-0.25, -0.2) is 4.68 Å². The van der Waals surface area contributed by atoms with Crippen LogP contribution in [0.3, 0.4) is 0 Å². The van der Waals surface area contributed by atoms with E-state index in [-0.39, 0.29) is 5.97 Å². The summed E-state index contributed by atoms with van der Waals surface area (Å²) in [4.78, 5) is 13.8. The number of carbonyl (C=O) groups excluding carboxylic acids is 1. The highest BCUT2D eigenvalue weighted by atomic mass is 16.5. The first-order valence-electron chi connectivity index (χ1n) is 8.97. The molecule has 2 aromatic heterocycles. The lowest BCUT2D eigenvalue weighted by Crippen LogP contribution is -2.36. The molecule has 3 heterocycles. The van der Waals surface area contributed by atoms with Crippen molar-refractivity contribution >= 4 is 11.8 Å². The van der Waals surface area contributed by atoms with Gasteiger partial charge in [0.25, 0.3) is 0 Å². The van der Waals surface area contributed by atoms with E-state index in [1.165, 1.54) is 0 Å². The quantitative estimate of drug-likeness (QED) is 0.725. The number of hydrogen-bond acceptors (Lipinski definition) is 7. The van der Waals surface area contributed by atoms with Gasteiger partial charge in [0.1, 0.15) is 0 Å². The van der Waals surface area contributed by atoms with Crippen LogP contribution < -0.4 is 4.90 Å². The number of carbonyl (C=O) groups is 1. The second-order valence-corrected chi connectivity index (χ2v) is 6.22. The lowest BCUT2D eigenvalue weighted by Gasteiger charge is -2.27. The molecule has 0 spiro atoms. The number of rotatable bonds is 6. The molecule has 0 saturated carbocycles. The summed E-state index contributed by atoms with van der Waals surface area (Å²) < 4.78 is 12.2. The minimum Gasteiger partial charge on any atom is -0.466 e. The highest BCUT2D eigenvalue weighted by molar-refractivity contribution is 5.69. The summed E-state index contributed by atoms with van der Waals surface area (Å²) in [5.41, 5.74) is 2.92. The van der Waals surface area contributed by atoms with Crippen LogP contribution in [-0.2, 0) is 20.7 Å². The van der Waals surface area contributed by atoms with E-state index in [0.717, 1.165) is 35.9 Å². The molecule has 0 radical (unpaired) electrons. The summed E-state index contributed by atoms with van der Waals surface area (Å²) in [7, 11) is 0. The van der Waals surface area contributed by atoms with Crippen molar-refractivity contribution in [3.8, 4) is 5.82 Å². The monoisotopic (exact) mass is 359 g/mol. The molecule has 0 amide bonds. The molecule has 2 aromatic rings. The zero-order valence-electron chi connectivity index (χ0n) is 15.6. The molecule has 1 aliphatic rings. The first-order chi connectivity index (χ1) is 12.6. The summed E-state index contributed by atoms with van der Waals surface area (Å²) in [6.07, 6.45) is 0.957. The second kappa shape index (κ2) is 8.27. The van der Waals surface area contributed by atoms with Gasteiger partial charge in [0.05, 0.1) is 25.5 Å². The van der Waals surface area contributed by atoms with Crippen molar-refractivity contribution in [2.24, 2.45) is 0 Å². The molecule has 0 bridgehead atoms. The summed E-state index contributed by atoms with van der Waals surface area (Å²) in [6, 6.07) is 3.88. The summed E-state index contributed by atoms with van der Waals surface area (Å²) >= 11 is 0. The fraction of sp³-hybridized carbons (Fsp3) is 0.556. The average molecular weight is 359 g/mol. The maximum absolute atomic E-state index is 11.6. The summed E-state index contributed by atoms with van der Waals surface area (Å²) in [5, 5.41) is 13.3. The van der Waals surface area contributed by atoms with Crippen molar-refractivity contribution in [3.63, 3.8) is 0 Å². The van der Waals surface area contributed by atoms with Crippen LogP contribution >= 0.6 is 0 Å². The molecule has 0 unspecified atom stereocenters. The van der Waals surface area contributed by atoms with Gasteiger partial charge in [0.2, 0.25) is 0 Å². The molecule has 0 N–H and O–H groups in total. The molecule has 1 saturated heterocycles. The van der Waals surface area contributed by atoms with E-state index in [1.807, 2.05) is 32.9 Å². The molecular formula is C18H25N5O3. The maximum atomic E-state index is 11.6. The Bertz CT molecular complexity index is 751. The number of anilines is 1. The third-order valence-corrected chi connectivity index (χ3v) is 4.51. The van der Waals surface area contributed by atoms with Crippen molar-refractivity contribution in [2.75, 3.05) is 37.8 Å². The molecule has 3 rings (SSSR count). The predicted octanol–water partition coefficient (Wildman–Crippen LogP) is 1.61. The smallest absolute Gasteiger partial charge is 0.306 e. The molecule has 1 fully saturated rings. The fourth-order valence-corrected chi connectivity index (χ4v) is 3.11. The van der Waals surface area contributed by atoms with E-state index in [1.54, 1.807) is 4.68 Å². The van der Waals surface area contributed by atoms with Crippen LogP contribution in [0.1, 0.15) is 30.3 Å². The van der Waals surface area contributed by atoms with Crippen molar-refractivity contribution < 1.29 is 14.3 Å². The number of hydrogen-bond donors (Lipinski definition) is 0. The van der Waals surface area contributed by atoms with Gasteiger partial charge in [-0.05, 0) is 44.9 Å². The van der Waals surface area contributed by atoms with Gasteiger partial charge in [-0.2, -0.15) is 5.10 Å². The van der Waals surface area contributed by atoms with E-state index in [2.05, 4.69) is 20.2 Å². The Morgan fingerprint density at radius 2 is 1.88 bits per heavy atom. The highest BCUT2D eigenvalue weighted by Crippen LogP contribution is 2.19. The Hall–Kier alpha value is -2.48. The number of nitrogens with zero attached hydrogens (tertiary/aromatic N) is 5. The van der Waals surface area contributed by atoms with Crippen LogP contribution in [0.25, 0.3) is 5.82 Å². The van der Waals surface area contributed by atoms with E-state index in [9.17, 15) is 4.79 Å². The van der Waals surface area contributed by atoms with Crippen molar-refractivity contribution in [3.05, 3.63) is 29.1 Å². The Balaban J connectivity index is 1.74. The largest absolute Gasteiger partial charge is 0.466 e. The topological polar surface area (TPSA) is 82.4 Å². The van der Waals surface area contributed by atoms with Crippen LogP contribution in [0.4, 0.5) is 5.82 Å². The molecule has 0 aromatic carbocycles. The van der Waals surface area contributed by atoms with Gasteiger partial charge in [-0.1, -0.05) is 0 Å². The van der Waals surface area contributed by atoms with E-state index in [4.69, 9.17) is 9.47 Å². The molecule has 8 heteroatoms. The van der Waals surface area contributed by atoms with Crippen molar-refractivity contribution in [2.45, 2.75) is 33.6 Å². The first kappa shape index (κ1) is 18.3. The number of esters is 1. The molecule has 8 nitrogen and oxygen atoms in total. The normalized spacial score (nSPS) is 14.5. The van der Waals surface area contributed by atoms with E-state index < -0.39 is 0 Å². The van der Waals surface area contributed by atoms with E-state index in [0.29, 0.717) is 38.5 Å². The van der Waals surface area contributed by atoms with Crippen LogP contribution in [0.5, 0.6) is 0 Å². The third-order valence-electron chi connectivity index (χ3n) is 4.51.